The van der Waals surface area contributed by atoms with Crippen LogP contribution in [0.5, 0.6) is 11.5 Å². The third-order valence-electron chi connectivity index (χ3n) is 4.30. The quantitative estimate of drug-likeness (QED) is 0.475. The van der Waals surface area contributed by atoms with Gasteiger partial charge in [0, 0.05) is 12.1 Å². The van der Waals surface area contributed by atoms with E-state index in [0.29, 0.717) is 4.88 Å². The topological polar surface area (TPSA) is 103 Å². The predicted molar refractivity (Wildman–Crippen MR) is 117 cm³/mol. The molecule has 11 heteroatoms. The second kappa shape index (κ2) is 10.6. The van der Waals surface area contributed by atoms with Crippen LogP contribution in [-0.4, -0.2) is 38.6 Å². The smallest absolute Gasteiger partial charge is 0.340 e. The molecule has 2 aromatic carbocycles. The number of nitrogens with one attached hydrogen (secondary N) is 2. The number of methoxy groups -OCH3 is 2. The zero-order valence-corrected chi connectivity index (χ0v) is 18.3. The van der Waals surface area contributed by atoms with Crippen LogP contribution in [0.4, 0.5) is 20.2 Å². The summed E-state index contributed by atoms with van der Waals surface area (Å²) in [4.78, 5) is 37.6. The molecule has 33 heavy (non-hydrogen) atoms. The fourth-order valence-corrected chi connectivity index (χ4v) is 3.36. The van der Waals surface area contributed by atoms with Gasteiger partial charge in [-0.1, -0.05) is 12.1 Å². The van der Waals surface area contributed by atoms with E-state index < -0.39 is 41.7 Å². The molecule has 0 saturated heterocycles. The summed E-state index contributed by atoms with van der Waals surface area (Å²) in [7, 11) is 2.74. The van der Waals surface area contributed by atoms with Crippen LogP contribution in [-0.2, 0) is 9.53 Å². The standard InChI is InChI=1S/C22H18F2N2O6S/c1-30-16-9-12(15(10-17(16)31-2)25-21(28)18-7-4-8-33-18)22(29)32-11-19(27)26-20-13(23)5-3-6-14(20)24/h3-10H,11H2,1-2H3,(H,25,28)(H,26,27). The molecule has 8 nitrogen and oxygen atoms in total. The van der Waals surface area contributed by atoms with E-state index in [9.17, 15) is 23.2 Å². The van der Waals surface area contributed by atoms with E-state index in [0.717, 1.165) is 18.2 Å². The number of carbonyl (C=O) groups is 3. The summed E-state index contributed by atoms with van der Waals surface area (Å²) < 4.78 is 42.8. The molecular formula is C22H18F2N2O6S. The van der Waals surface area contributed by atoms with Gasteiger partial charge in [0.05, 0.1) is 30.3 Å². The highest BCUT2D eigenvalue weighted by Gasteiger charge is 2.22. The number of hydrogen-bond donors (Lipinski definition) is 2. The van der Waals surface area contributed by atoms with Crippen molar-refractivity contribution in [2.45, 2.75) is 0 Å². The molecule has 0 aliphatic heterocycles. The maximum absolute atomic E-state index is 13.7. The number of ether oxygens (including phenoxy) is 3. The van der Waals surface area contributed by atoms with Crippen LogP contribution >= 0.6 is 11.3 Å². The molecule has 0 bridgehead atoms. The molecule has 0 aliphatic rings. The summed E-state index contributed by atoms with van der Waals surface area (Å²) in [6.45, 7) is -0.834. The fraction of sp³-hybridized carbons (Fsp3) is 0.136. The first-order valence-electron chi connectivity index (χ1n) is 9.36. The van der Waals surface area contributed by atoms with Gasteiger partial charge in [0.15, 0.2) is 18.1 Å². The van der Waals surface area contributed by atoms with Gasteiger partial charge in [-0.15, -0.1) is 11.3 Å². The van der Waals surface area contributed by atoms with Gasteiger partial charge < -0.3 is 24.8 Å². The summed E-state index contributed by atoms with van der Waals surface area (Å²) in [6.07, 6.45) is 0. The number of thiophene rings is 1. The van der Waals surface area contributed by atoms with Crippen molar-refractivity contribution >= 4 is 40.5 Å². The summed E-state index contributed by atoms with van der Waals surface area (Å²) >= 11 is 1.20. The van der Waals surface area contributed by atoms with Crippen molar-refractivity contribution in [2.75, 3.05) is 31.5 Å². The number of esters is 1. The van der Waals surface area contributed by atoms with Crippen molar-refractivity contribution in [1.29, 1.82) is 0 Å². The first kappa shape index (κ1) is 23.7. The maximum Gasteiger partial charge on any atom is 0.340 e. The molecule has 2 amide bonds. The lowest BCUT2D eigenvalue weighted by atomic mass is 10.1. The van der Waals surface area contributed by atoms with Crippen LogP contribution in [0.1, 0.15) is 20.0 Å². The summed E-state index contributed by atoms with van der Waals surface area (Å²) in [5.74, 6) is -3.96. The zero-order valence-electron chi connectivity index (χ0n) is 17.4. The Morgan fingerprint density at radius 1 is 0.939 bits per heavy atom. The van der Waals surface area contributed by atoms with Crippen LogP contribution in [0.2, 0.25) is 0 Å². The van der Waals surface area contributed by atoms with E-state index in [1.165, 1.54) is 37.7 Å². The SMILES string of the molecule is COc1cc(NC(=O)c2cccs2)c(C(=O)OCC(=O)Nc2c(F)cccc2F)cc1OC. The molecule has 0 unspecified atom stereocenters. The Hall–Kier alpha value is -3.99. The number of anilines is 2. The van der Waals surface area contributed by atoms with Crippen LogP contribution in [0, 0.1) is 11.6 Å². The number of benzene rings is 2. The van der Waals surface area contributed by atoms with Gasteiger partial charge >= 0.3 is 5.97 Å². The third kappa shape index (κ3) is 5.63. The molecule has 0 aliphatic carbocycles. The van der Waals surface area contributed by atoms with Crippen LogP contribution in [0.25, 0.3) is 0 Å². The van der Waals surface area contributed by atoms with E-state index in [-0.39, 0.29) is 22.7 Å². The average Bonchev–Trinajstić information content (AvgIpc) is 3.35. The second-order valence-corrected chi connectivity index (χ2v) is 7.35. The van der Waals surface area contributed by atoms with Crippen molar-refractivity contribution in [2.24, 2.45) is 0 Å². The van der Waals surface area contributed by atoms with Gasteiger partial charge in [-0.3, -0.25) is 9.59 Å². The number of amides is 2. The Labute approximate surface area is 191 Å². The Balaban J connectivity index is 1.79. The monoisotopic (exact) mass is 476 g/mol. The average molecular weight is 476 g/mol. The Morgan fingerprint density at radius 2 is 1.61 bits per heavy atom. The molecule has 172 valence electrons. The van der Waals surface area contributed by atoms with Crippen molar-refractivity contribution < 1.29 is 37.4 Å². The zero-order chi connectivity index (χ0) is 24.0. The molecule has 0 atom stereocenters. The number of para-hydroxylation sites is 1. The number of halogens is 2. The largest absolute Gasteiger partial charge is 0.493 e. The Morgan fingerprint density at radius 3 is 2.21 bits per heavy atom. The van der Waals surface area contributed by atoms with E-state index in [2.05, 4.69) is 5.32 Å². The Bertz CT molecular complexity index is 1160. The highest BCUT2D eigenvalue weighted by molar-refractivity contribution is 7.12. The lowest BCUT2D eigenvalue weighted by Gasteiger charge is -2.15. The predicted octanol–water partition coefficient (Wildman–Crippen LogP) is 4.09. The molecule has 2 N–H and O–H groups in total. The lowest BCUT2D eigenvalue weighted by Crippen LogP contribution is -2.23. The van der Waals surface area contributed by atoms with Crippen molar-refractivity contribution in [3.8, 4) is 11.5 Å². The van der Waals surface area contributed by atoms with E-state index in [1.807, 2.05) is 5.32 Å². The van der Waals surface area contributed by atoms with E-state index in [4.69, 9.17) is 14.2 Å². The summed E-state index contributed by atoms with van der Waals surface area (Å²) in [5, 5.41) is 6.33. The van der Waals surface area contributed by atoms with Gasteiger partial charge in [-0.2, -0.15) is 0 Å². The van der Waals surface area contributed by atoms with Gasteiger partial charge in [0.25, 0.3) is 11.8 Å². The number of rotatable bonds is 8. The third-order valence-corrected chi connectivity index (χ3v) is 5.17. The molecule has 0 spiro atoms. The number of carbonyl (C=O) groups excluding carboxylic acids is 3. The maximum atomic E-state index is 13.7. The van der Waals surface area contributed by atoms with E-state index >= 15 is 0 Å². The molecule has 0 fully saturated rings. The Kier molecular flexibility index (Phi) is 7.57. The highest BCUT2D eigenvalue weighted by atomic mass is 32.1. The lowest BCUT2D eigenvalue weighted by molar-refractivity contribution is -0.119. The van der Waals surface area contributed by atoms with Crippen molar-refractivity contribution in [3.05, 3.63) is 69.9 Å². The van der Waals surface area contributed by atoms with Crippen LogP contribution < -0.4 is 20.1 Å². The van der Waals surface area contributed by atoms with Gasteiger partial charge in [-0.05, 0) is 23.6 Å². The van der Waals surface area contributed by atoms with Crippen LogP contribution in [0.15, 0.2) is 47.8 Å². The van der Waals surface area contributed by atoms with Crippen LogP contribution in [0.3, 0.4) is 0 Å². The molecule has 0 saturated carbocycles. The molecular weight excluding hydrogens is 458 g/mol. The van der Waals surface area contributed by atoms with Gasteiger partial charge in [0.2, 0.25) is 0 Å². The minimum atomic E-state index is -0.985. The molecule has 1 heterocycles. The van der Waals surface area contributed by atoms with Crippen molar-refractivity contribution in [1.82, 2.24) is 0 Å². The minimum absolute atomic E-state index is 0.0524. The molecule has 0 radical (unpaired) electrons. The molecule has 3 aromatic rings. The highest BCUT2D eigenvalue weighted by Crippen LogP contribution is 2.34. The molecule has 3 rings (SSSR count). The molecule has 1 aromatic heterocycles. The van der Waals surface area contributed by atoms with Crippen molar-refractivity contribution in [3.63, 3.8) is 0 Å². The normalized spacial score (nSPS) is 10.3. The minimum Gasteiger partial charge on any atom is -0.493 e. The first-order valence-corrected chi connectivity index (χ1v) is 10.2. The fourth-order valence-electron chi connectivity index (χ4n) is 2.74. The van der Waals surface area contributed by atoms with E-state index in [1.54, 1.807) is 17.5 Å². The number of hydrogen-bond acceptors (Lipinski definition) is 7. The first-order chi connectivity index (χ1) is 15.8. The van der Waals surface area contributed by atoms with Gasteiger partial charge in [-0.25, -0.2) is 13.6 Å². The van der Waals surface area contributed by atoms with Gasteiger partial charge in [0.1, 0.15) is 17.3 Å². The summed E-state index contributed by atoms with van der Waals surface area (Å²) in [5.41, 5.74) is -0.729. The second-order valence-electron chi connectivity index (χ2n) is 6.41. The summed E-state index contributed by atoms with van der Waals surface area (Å²) in [6, 6.07) is 9.03.